The molecule has 7 nitrogen and oxygen atoms in total. The van der Waals surface area contributed by atoms with E-state index >= 15 is 0 Å². The average Bonchev–Trinajstić information content (AvgIpc) is 2.33. The molecule has 1 rings (SSSR count). The number of nitrogens with zero attached hydrogens (tertiary/aromatic N) is 2. The van der Waals surface area contributed by atoms with Crippen molar-refractivity contribution in [3.8, 4) is 0 Å². The number of hydrogen-bond donors (Lipinski definition) is 1. The van der Waals surface area contributed by atoms with Crippen LogP contribution in [0.15, 0.2) is 12.1 Å². The lowest BCUT2D eigenvalue weighted by Gasteiger charge is -2.17. The number of carbonyl (C=O) groups is 1. The molecule has 0 saturated heterocycles. The Morgan fingerprint density at radius 3 is 2.60 bits per heavy atom. The first-order valence-corrected chi connectivity index (χ1v) is 7.45. The number of rotatable bonds is 6. The molecule has 0 unspecified atom stereocenters. The van der Waals surface area contributed by atoms with E-state index in [1.54, 1.807) is 13.0 Å². The van der Waals surface area contributed by atoms with E-state index in [9.17, 15) is 13.2 Å². The van der Waals surface area contributed by atoms with Gasteiger partial charge in [0, 0.05) is 19.3 Å². The Morgan fingerprint density at radius 1 is 1.40 bits per heavy atom. The van der Waals surface area contributed by atoms with Crippen LogP contribution in [0.2, 0.25) is 0 Å². The van der Waals surface area contributed by atoms with E-state index in [-0.39, 0.29) is 18.8 Å². The average molecular weight is 301 g/mol. The minimum absolute atomic E-state index is 0.00577. The van der Waals surface area contributed by atoms with Crippen molar-refractivity contribution in [3.63, 3.8) is 0 Å². The largest absolute Gasteiger partial charge is 0.469 e. The fourth-order valence-corrected chi connectivity index (χ4v) is 2.43. The molecule has 20 heavy (non-hydrogen) atoms. The molecule has 0 radical (unpaired) electrons. The summed E-state index contributed by atoms with van der Waals surface area (Å²) in [4.78, 5) is 15.1. The lowest BCUT2D eigenvalue weighted by atomic mass is 10.2. The third kappa shape index (κ3) is 4.78. The van der Waals surface area contributed by atoms with Gasteiger partial charge in [-0.25, -0.2) is 4.98 Å². The molecule has 0 atom stereocenters. The Labute approximate surface area is 119 Å². The van der Waals surface area contributed by atoms with Gasteiger partial charge in [-0.15, -0.1) is 0 Å². The summed E-state index contributed by atoms with van der Waals surface area (Å²) in [5.41, 5.74) is 1.63. The number of carbonyl (C=O) groups excluding carboxylic acids is 1. The van der Waals surface area contributed by atoms with Crippen LogP contribution in [0.3, 0.4) is 0 Å². The van der Waals surface area contributed by atoms with E-state index in [0.29, 0.717) is 0 Å². The van der Waals surface area contributed by atoms with E-state index in [2.05, 4.69) is 14.4 Å². The molecule has 0 aliphatic carbocycles. The summed E-state index contributed by atoms with van der Waals surface area (Å²) in [7, 11) is -1.10. The molecule has 0 amide bonds. The van der Waals surface area contributed by atoms with Crippen LogP contribution >= 0.6 is 0 Å². The van der Waals surface area contributed by atoms with Crippen molar-refractivity contribution in [2.75, 3.05) is 25.4 Å². The van der Waals surface area contributed by atoms with Crippen molar-refractivity contribution in [2.24, 2.45) is 0 Å². The second kappa shape index (κ2) is 6.67. The number of aromatic nitrogens is 1. The van der Waals surface area contributed by atoms with Crippen LogP contribution in [-0.4, -0.2) is 44.4 Å². The van der Waals surface area contributed by atoms with Gasteiger partial charge in [-0.05, 0) is 31.5 Å². The van der Waals surface area contributed by atoms with Gasteiger partial charge in [0.1, 0.15) is 5.82 Å². The second-order valence-electron chi connectivity index (χ2n) is 4.43. The number of methoxy groups -OCH3 is 1. The summed E-state index contributed by atoms with van der Waals surface area (Å²) in [5.74, 6) is -0.205. The fraction of sp³-hybridized carbons (Fsp3) is 0.500. The van der Waals surface area contributed by atoms with Crippen molar-refractivity contribution in [1.82, 2.24) is 9.29 Å². The quantitative estimate of drug-likeness (QED) is 0.787. The van der Waals surface area contributed by atoms with Crippen LogP contribution in [0.4, 0.5) is 5.82 Å². The molecule has 0 aliphatic rings. The van der Waals surface area contributed by atoms with E-state index in [0.717, 1.165) is 15.6 Å². The SMILES string of the molecule is COC(=O)CCN(C)S(=O)(=O)Nc1cc(C)cc(C)n1. The smallest absolute Gasteiger partial charge is 0.306 e. The summed E-state index contributed by atoms with van der Waals surface area (Å²) >= 11 is 0. The van der Waals surface area contributed by atoms with E-state index in [1.165, 1.54) is 14.2 Å². The minimum atomic E-state index is -3.74. The van der Waals surface area contributed by atoms with Gasteiger partial charge >= 0.3 is 16.2 Å². The molecule has 8 heteroatoms. The lowest BCUT2D eigenvalue weighted by Crippen LogP contribution is -2.34. The van der Waals surface area contributed by atoms with Gasteiger partial charge in [-0.1, -0.05) is 0 Å². The van der Waals surface area contributed by atoms with Gasteiger partial charge in [0.15, 0.2) is 0 Å². The number of hydrogen-bond acceptors (Lipinski definition) is 5. The van der Waals surface area contributed by atoms with Crippen molar-refractivity contribution in [1.29, 1.82) is 0 Å². The molecule has 1 heterocycles. The molecule has 112 valence electrons. The molecule has 1 N–H and O–H groups in total. The predicted molar refractivity (Wildman–Crippen MR) is 75.5 cm³/mol. The van der Waals surface area contributed by atoms with Crippen LogP contribution in [-0.2, 0) is 19.7 Å². The lowest BCUT2D eigenvalue weighted by molar-refractivity contribution is -0.140. The maximum atomic E-state index is 12.0. The zero-order valence-electron chi connectivity index (χ0n) is 12.0. The summed E-state index contributed by atoms with van der Waals surface area (Å²) in [6, 6.07) is 3.48. The Balaban J connectivity index is 2.75. The number of nitrogens with one attached hydrogen (secondary N) is 1. The molecule has 0 aliphatic heterocycles. The standard InChI is InChI=1S/C12H19N3O4S/c1-9-7-10(2)13-11(8-9)14-20(17,18)15(3)6-5-12(16)19-4/h7-8H,5-6H2,1-4H3,(H,13,14). The van der Waals surface area contributed by atoms with Gasteiger partial charge in [0.2, 0.25) is 0 Å². The van der Waals surface area contributed by atoms with Crippen LogP contribution in [0, 0.1) is 13.8 Å². The first-order valence-electron chi connectivity index (χ1n) is 6.01. The number of aryl methyl sites for hydroxylation is 2. The van der Waals surface area contributed by atoms with Gasteiger partial charge in [0.05, 0.1) is 13.5 Å². The summed E-state index contributed by atoms with van der Waals surface area (Å²) < 4.78 is 32.0. The molecular formula is C12H19N3O4S. The van der Waals surface area contributed by atoms with Crippen LogP contribution < -0.4 is 4.72 Å². The van der Waals surface area contributed by atoms with Crippen LogP contribution in [0.25, 0.3) is 0 Å². The molecule has 1 aromatic rings. The molecule has 0 spiro atoms. The molecule has 0 bridgehead atoms. The highest BCUT2D eigenvalue weighted by Gasteiger charge is 2.19. The van der Waals surface area contributed by atoms with Crippen LogP contribution in [0.5, 0.6) is 0 Å². The van der Waals surface area contributed by atoms with Crippen LogP contribution in [0.1, 0.15) is 17.7 Å². The first-order chi connectivity index (χ1) is 9.24. The highest BCUT2D eigenvalue weighted by molar-refractivity contribution is 7.90. The van der Waals surface area contributed by atoms with Gasteiger partial charge in [-0.2, -0.15) is 12.7 Å². The Hall–Kier alpha value is -1.67. The summed E-state index contributed by atoms with van der Waals surface area (Å²) in [6.45, 7) is 3.67. The van der Waals surface area contributed by atoms with Gasteiger partial charge < -0.3 is 4.74 Å². The van der Waals surface area contributed by atoms with Crippen molar-refractivity contribution >= 4 is 22.0 Å². The summed E-state index contributed by atoms with van der Waals surface area (Å²) in [5, 5.41) is 0. The maximum absolute atomic E-state index is 12.0. The zero-order chi connectivity index (χ0) is 15.3. The van der Waals surface area contributed by atoms with E-state index in [4.69, 9.17) is 0 Å². The molecule has 1 aromatic heterocycles. The fourth-order valence-electron chi connectivity index (χ4n) is 1.57. The zero-order valence-corrected chi connectivity index (χ0v) is 12.8. The molecule has 0 saturated carbocycles. The first kappa shape index (κ1) is 16.4. The monoisotopic (exact) mass is 301 g/mol. The Bertz CT molecular complexity index is 566. The topological polar surface area (TPSA) is 88.6 Å². The third-order valence-electron chi connectivity index (χ3n) is 2.60. The number of pyridine rings is 1. The van der Waals surface area contributed by atoms with Crippen molar-refractivity contribution in [2.45, 2.75) is 20.3 Å². The molecular weight excluding hydrogens is 282 g/mol. The predicted octanol–water partition coefficient (Wildman–Crippen LogP) is 0.850. The highest BCUT2D eigenvalue weighted by atomic mass is 32.2. The normalized spacial score (nSPS) is 11.4. The van der Waals surface area contributed by atoms with Crippen molar-refractivity contribution in [3.05, 3.63) is 23.4 Å². The summed E-state index contributed by atoms with van der Waals surface area (Å²) in [6.07, 6.45) is -0.00577. The number of esters is 1. The Kier molecular flexibility index (Phi) is 5.46. The maximum Gasteiger partial charge on any atom is 0.306 e. The highest BCUT2D eigenvalue weighted by Crippen LogP contribution is 2.12. The third-order valence-corrected chi connectivity index (χ3v) is 4.07. The van der Waals surface area contributed by atoms with Crippen molar-refractivity contribution < 1.29 is 17.9 Å². The minimum Gasteiger partial charge on any atom is -0.469 e. The van der Waals surface area contributed by atoms with E-state index in [1.807, 2.05) is 13.0 Å². The Morgan fingerprint density at radius 2 is 2.05 bits per heavy atom. The number of anilines is 1. The molecule has 0 aromatic carbocycles. The number of ether oxygens (including phenoxy) is 1. The molecule has 0 fully saturated rings. The van der Waals surface area contributed by atoms with Gasteiger partial charge in [0.25, 0.3) is 0 Å². The van der Waals surface area contributed by atoms with E-state index < -0.39 is 16.2 Å². The second-order valence-corrected chi connectivity index (χ2v) is 6.20. The van der Waals surface area contributed by atoms with Gasteiger partial charge in [-0.3, -0.25) is 9.52 Å².